The maximum absolute atomic E-state index is 12.7. The lowest BCUT2D eigenvalue weighted by Crippen LogP contribution is -2.30. The van der Waals surface area contributed by atoms with Crippen LogP contribution in [0.3, 0.4) is 0 Å². The van der Waals surface area contributed by atoms with E-state index in [0.29, 0.717) is 10.9 Å². The third-order valence-corrected chi connectivity index (χ3v) is 4.19. The number of benzene rings is 1. The monoisotopic (exact) mass is 331 g/mol. The summed E-state index contributed by atoms with van der Waals surface area (Å²) in [5.74, 6) is -0.634. The molecule has 0 amide bonds. The quantitative estimate of drug-likeness (QED) is 0.874. The molecular weight excluding hydrogens is 306 g/mol. The number of carbonyl (C=O) groups is 1. The molecule has 1 atom stereocenters. The minimum Gasteiger partial charge on any atom is -0.462 e. The smallest absolute Gasteiger partial charge is 0.343 e. The van der Waals surface area contributed by atoms with Crippen molar-refractivity contribution < 1.29 is 14.6 Å². The molecule has 1 heterocycles. The second-order valence-electron chi connectivity index (χ2n) is 7.08. The molecule has 24 heavy (non-hydrogen) atoms. The van der Waals surface area contributed by atoms with Crippen LogP contribution in [0.15, 0.2) is 29.2 Å². The maximum atomic E-state index is 12.7. The van der Waals surface area contributed by atoms with E-state index in [1.807, 2.05) is 44.4 Å². The summed E-state index contributed by atoms with van der Waals surface area (Å²) in [5, 5.41) is 10.4. The molecule has 5 heteroatoms. The third-order valence-electron chi connectivity index (χ3n) is 4.19. The Hall–Kier alpha value is -2.14. The van der Waals surface area contributed by atoms with Gasteiger partial charge in [-0.05, 0) is 31.4 Å². The fourth-order valence-electron chi connectivity index (χ4n) is 2.86. The minimum absolute atomic E-state index is 0.00218. The number of nitrogens with zero attached hydrogens (tertiary/aromatic N) is 1. The number of hydrogen-bond donors (Lipinski definition) is 1. The van der Waals surface area contributed by atoms with Gasteiger partial charge in [0, 0.05) is 11.6 Å². The Kier molecular flexibility index (Phi) is 5.13. The third kappa shape index (κ3) is 3.36. The lowest BCUT2D eigenvalue weighted by Gasteiger charge is -2.33. The first-order valence-electron chi connectivity index (χ1n) is 8.14. The van der Waals surface area contributed by atoms with E-state index in [9.17, 15) is 14.7 Å². The summed E-state index contributed by atoms with van der Waals surface area (Å²) in [7, 11) is 0. The number of aromatic nitrogens is 1. The maximum Gasteiger partial charge on any atom is 0.343 e. The molecule has 1 aromatic carbocycles. The Morgan fingerprint density at radius 1 is 1.33 bits per heavy atom. The standard InChI is InChI=1S/C19H25NO4/c1-6-24-18(23)14-10-20(16(11-21)19(3,4)5)15-8-7-12(2)9-13(15)17(14)22/h7-10,16,21H,6,11H2,1-5H3. The van der Waals surface area contributed by atoms with E-state index in [2.05, 4.69) is 0 Å². The highest BCUT2D eigenvalue weighted by Gasteiger charge is 2.28. The van der Waals surface area contributed by atoms with E-state index >= 15 is 0 Å². The van der Waals surface area contributed by atoms with Crippen molar-refractivity contribution >= 4 is 16.9 Å². The molecule has 0 bridgehead atoms. The predicted molar refractivity (Wildman–Crippen MR) is 94.5 cm³/mol. The Labute approximate surface area is 141 Å². The van der Waals surface area contributed by atoms with Crippen molar-refractivity contribution in [2.45, 2.75) is 40.7 Å². The summed E-state index contributed by atoms with van der Waals surface area (Å²) < 4.78 is 6.85. The molecule has 2 aromatic rings. The van der Waals surface area contributed by atoms with Gasteiger partial charge in [0.1, 0.15) is 5.56 Å². The van der Waals surface area contributed by atoms with Crippen molar-refractivity contribution in [3.63, 3.8) is 0 Å². The second-order valence-corrected chi connectivity index (χ2v) is 7.08. The summed E-state index contributed by atoms with van der Waals surface area (Å²) >= 11 is 0. The molecule has 0 aliphatic carbocycles. The van der Waals surface area contributed by atoms with Crippen LogP contribution in [-0.2, 0) is 4.74 Å². The number of aryl methyl sites for hydroxylation is 1. The van der Waals surface area contributed by atoms with Crippen molar-refractivity contribution in [1.82, 2.24) is 4.57 Å². The van der Waals surface area contributed by atoms with E-state index in [1.165, 1.54) is 6.20 Å². The fourth-order valence-corrected chi connectivity index (χ4v) is 2.86. The molecule has 1 aromatic heterocycles. The average molecular weight is 331 g/mol. The predicted octanol–water partition coefficient (Wildman–Crippen LogP) is 3.07. The van der Waals surface area contributed by atoms with Gasteiger partial charge in [0.05, 0.1) is 24.8 Å². The summed E-state index contributed by atoms with van der Waals surface area (Å²) in [4.78, 5) is 24.9. The highest BCUT2D eigenvalue weighted by molar-refractivity contribution is 5.94. The summed E-state index contributed by atoms with van der Waals surface area (Å²) in [5.41, 5.74) is 1.04. The number of rotatable bonds is 4. The SMILES string of the molecule is CCOC(=O)c1cn(C(CO)C(C)(C)C)c2ccc(C)cc2c1=O. The number of fused-ring (bicyclic) bond motifs is 1. The number of hydrogen-bond acceptors (Lipinski definition) is 4. The Balaban J connectivity index is 2.85. The minimum atomic E-state index is -0.634. The number of aliphatic hydroxyl groups excluding tert-OH is 1. The van der Waals surface area contributed by atoms with Gasteiger partial charge < -0.3 is 14.4 Å². The van der Waals surface area contributed by atoms with E-state index in [0.717, 1.165) is 5.56 Å². The zero-order valence-corrected chi connectivity index (χ0v) is 14.9. The molecule has 130 valence electrons. The van der Waals surface area contributed by atoms with E-state index in [-0.39, 0.29) is 35.7 Å². The fraction of sp³-hybridized carbons (Fsp3) is 0.474. The summed E-state index contributed by atoms with van der Waals surface area (Å²) in [6.45, 7) is 9.73. The molecule has 0 fully saturated rings. The van der Waals surface area contributed by atoms with Crippen LogP contribution in [0.4, 0.5) is 0 Å². The van der Waals surface area contributed by atoms with Gasteiger partial charge in [-0.25, -0.2) is 4.79 Å². The molecule has 0 spiro atoms. The zero-order chi connectivity index (χ0) is 18.1. The molecule has 2 rings (SSSR count). The van der Waals surface area contributed by atoms with Gasteiger partial charge in [-0.1, -0.05) is 32.4 Å². The zero-order valence-electron chi connectivity index (χ0n) is 14.9. The van der Waals surface area contributed by atoms with Crippen LogP contribution in [0.5, 0.6) is 0 Å². The van der Waals surface area contributed by atoms with Crippen molar-refractivity contribution in [3.8, 4) is 0 Å². The van der Waals surface area contributed by atoms with Gasteiger partial charge in [-0.2, -0.15) is 0 Å². The lowest BCUT2D eigenvalue weighted by atomic mass is 9.86. The second kappa shape index (κ2) is 6.77. The van der Waals surface area contributed by atoms with Gasteiger partial charge in [-0.15, -0.1) is 0 Å². The molecule has 1 N–H and O–H groups in total. The van der Waals surface area contributed by atoms with Crippen LogP contribution in [0.1, 0.15) is 49.7 Å². The van der Waals surface area contributed by atoms with Crippen LogP contribution in [0.2, 0.25) is 0 Å². The van der Waals surface area contributed by atoms with Crippen LogP contribution >= 0.6 is 0 Å². The number of ether oxygens (including phenoxy) is 1. The highest BCUT2D eigenvalue weighted by atomic mass is 16.5. The lowest BCUT2D eigenvalue weighted by molar-refractivity contribution is 0.0522. The Morgan fingerprint density at radius 3 is 2.54 bits per heavy atom. The van der Waals surface area contributed by atoms with E-state index in [4.69, 9.17) is 4.74 Å². The van der Waals surface area contributed by atoms with E-state index in [1.54, 1.807) is 13.0 Å². The number of aliphatic hydroxyl groups is 1. The van der Waals surface area contributed by atoms with Crippen LogP contribution in [0, 0.1) is 12.3 Å². The molecule has 0 saturated heterocycles. The first-order valence-corrected chi connectivity index (χ1v) is 8.14. The van der Waals surface area contributed by atoms with Crippen LogP contribution in [-0.4, -0.2) is 28.9 Å². The van der Waals surface area contributed by atoms with Gasteiger partial charge in [0.2, 0.25) is 5.43 Å². The molecular formula is C19H25NO4. The molecule has 1 unspecified atom stereocenters. The van der Waals surface area contributed by atoms with Gasteiger partial charge >= 0.3 is 5.97 Å². The van der Waals surface area contributed by atoms with Gasteiger partial charge in [0.25, 0.3) is 0 Å². The Bertz CT molecular complexity index is 814. The van der Waals surface area contributed by atoms with Crippen molar-refractivity contribution in [2.24, 2.45) is 5.41 Å². The summed E-state index contributed by atoms with van der Waals surface area (Å²) in [6, 6.07) is 5.26. The highest BCUT2D eigenvalue weighted by Crippen LogP contribution is 2.32. The van der Waals surface area contributed by atoms with Gasteiger partial charge in [0.15, 0.2) is 0 Å². The normalized spacial score (nSPS) is 13.1. The molecule has 0 saturated carbocycles. The van der Waals surface area contributed by atoms with Gasteiger partial charge in [-0.3, -0.25) is 4.79 Å². The Morgan fingerprint density at radius 2 is 2.00 bits per heavy atom. The van der Waals surface area contributed by atoms with Crippen molar-refractivity contribution in [2.75, 3.05) is 13.2 Å². The van der Waals surface area contributed by atoms with Crippen molar-refractivity contribution in [3.05, 3.63) is 45.7 Å². The molecule has 0 aliphatic heterocycles. The van der Waals surface area contributed by atoms with Crippen LogP contribution < -0.4 is 5.43 Å². The first-order chi connectivity index (χ1) is 11.2. The largest absolute Gasteiger partial charge is 0.462 e. The van der Waals surface area contributed by atoms with Crippen LogP contribution in [0.25, 0.3) is 10.9 Å². The number of carbonyl (C=O) groups excluding carboxylic acids is 1. The first kappa shape index (κ1) is 18.2. The molecule has 0 aliphatic rings. The number of esters is 1. The number of pyridine rings is 1. The molecule has 5 nitrogen and oxygen atoms in total. The summed E-state index contributed by atoms with van der Waals surface area (Å²) in [6.07, 6.45) is 1.52. The molecule has 0 radical (unpaired) electrons. The average Bonchev–Trinajstić information content (AvgIpc) is 2.49. The van der Waals surface area contributed by atoms with E-state index < -0.39 is 5.97 Å². The van der Waals surface area contributed by atoms with Crippen molar-refractivity contribution in [1.29, 1.82) is 0 Å². The topological polar surface area (TPSA) is 68.5 Å².